The Kier molecular flexibility index (Phi) is 4.04. The van der Waals surface area contributed by atoms with Crippen molar-refractivity contribution < 1.29 is 14.5 Å². The first-order valence-corrected chi connectivity index (χ1v) is 6.62. The number of anilines is 1. The highest BCUT2D eigenvalue weighted by molar-refractivity contribution is 9.10. The van der Waals surface area contributed by atoms with E-state index in [0.717, 1.165) is 12.8 Å². The van der Waals surface area contributed by atoms with Gasteiger partial charge in [-0.3, -0.25) is 10.1 Å². The summed E-state index contributed by atoms with van der Waals surface area (Å²) in [5, 5.41) is 14.1. The van der Waals surface area contributed by atoms with E-state index >= 15 is 0 Å². The summed E-state index contributed by atoms with van der Waals surface area (Å²) in [5.74, 6) is -0.0588. The van der Waals surface area contributed by atoms with E-state index in [1.165, 1.54) is 19.2 Å². The van der Waals surface area contributed by atoms with Crippen molar-refractivity contribution in [1.29, 1.82) is 0 Å². The molecule has 1 aromatic rings. The summed E-state index contributed by atoms with van der Waals surface area (Å²) in [6, 6.07) is 2.90. The maximum Gasteiger partial charge on any atom is 0.340 e. The van der Waals surface area contributed by atoms with E-state index in [1.807, 2.05) is 0 Å². The molecule has 19 heavy (non-hydrogen) atoms. The van der Waals surface area contributed by atoms with Crippen LogP contribution in [-0.2, 0) is 4.74 Å². The van der Waals surface area contributed by atoms with Crippen LogP contribution in [0.2, 0.25) is 0 Å². The van der Waals surface area contributed by atoms with Crippen molar-refractivity contribution in [2.45, 2.75) is 12.8 Å². The molecule has 1 aromatic carbocycles. The summed E-state index contributed by atoms with van der Waals surface area (Å²) in [7, 11) is 1.25. The number of nitrogens with one attached hydrogen (secondary N) is 1. The summed E-state index contributed by atoms with van der Waals surface area (Å²) in [6.07, 6.45) is 2.23. The van der Waals surface area contributed by atoms with Gasteiger partial charge >= 0.3 is 5.97 Å². The van der Waals surface area contributed by atoms with Crippen molar-refractivity contribution in [1.82, 2.24) is 0 Å². The number of ether oxygens (including phenoxy) is 1. The third-order valence-electron chi connectivity index (χ3n) is 2.95. The van der Waals surface area contributed by atoms with Crippen LogP contribution in [0, 0.1) is 16.0 Å². The molecular formula is C12H13BrN2O4. The first-order valence-electron chi connectivity index (χ1n) is 5.83. The molecule has 1 aliphatic carbocycles. The van der Waals surface area contributed by atoms with Crippen molar-refractivity contribution in [2.75, 3.05) is 19.0 Å². The maximum absolute atomic E-state index is 11.7. The fourth-order valence-corrected chi connectivity index (χ4v) is 2.21. The topological polar surface area (TPSA) is 81.5 Å². The Morgan fingerprint density at radius 1 is 1.58 bits per heavy atom. The van der Waals surface area contributed by atoms with Gasteiger partial charge in [0.05, 0.1) is 17.6 Å². The molecule has 6 nitrogen and oxygen atoms in total. The summed E-state index contributed by atoms with van der Waals surface area (Å²) < 4.78 is 5.14. The Morgan fingerprint density at radius 3 is 2.79 bits per heavy atom. The smallest absolute Gasteiger partial charge is 0.340 e. The zero-order valence-electron chi connectivity index (χ0n) is 10.3. The summed E-state index contributed by atoms with van der Waals surface area (Å²) >= 11 is 3.17. The lowest BCUT2D eigenvalue weighted by Gasteiger charge is -2.11. The number of hydrogen-bond acceptors (Lipinski definition) is 5. The molecule has 102 valence electrons. The SMILES string of the molecule is COC(=O)c1cc(Br)cc([N+](=O)[O-])c1NCC1CC1. The van der Waals surface area contributed by atoms with E-state index in [9.17, 15) is 14.9 Å². The Morgan fingerprint density at radius 2 is 2.26 bits per heavy atom. The molecule has 0 saturated heterocycles. The summed E-state index contributed by atoms with van der Waals surface area (Å²) in [6.45, 7) is 0.631. The molecule has 1 saturated carbocycles. The molecule has 0 aromatic heterocycles. The highest BCUT2D eigenvalue weighted by atomic mass is 79.9. The average molecular weight is 329 g/mol. The summed E-state index contributed by atoms with van der Waals surface area (Å²) in [4.78, 5) is 22.3. The van der Waals surface area contributed by atoms with E-state index in [2.05, 4.69) is 26.0 Å². The van der Waals surface area contributed by atoms with Gasteiger partial charge in [0.1, 0.15) is 5.69 Å². The molecule has 0 unspecified atom stereocenters. The zero-order chi connectivity index (χ0) is 14.0. The van der Waals surface area contributed by atoms with Crippen LogP contribution in [0.25, 0.3) is 0 Å². The van der Waals surface area contributed by atoms with Gasteiger partial charge < -0.3 is 10.1 Å². The van der Waals surface area contributed by atoms with Crippen LogP contribution < -0.4 is 5.32 Å². The third-order valence-corrected chi connectivity index (χ3v) is 3.41. The number of nitro groups is 1. The molecule has 0 atom stereocenters. The second-order valence-corrected chi connectivity index (χ2v) is 5.34. The lowest BCUT2D eigenvalue weighted by Crippen LogP contribution is -2.12. The number of nitro benzene ring substituents is 1. The van der Waals surface area contributed by atoms with Crippen LogP contribution in [0.15, 0.2) is 16.6 Å². The lowest BCUT2D eigenvalue weighted by atomic mass is 10.1. The van der Waals surface area contributed by atoms with Crippen LogP contribution in [-0.4, -0.2) is 24.5 Å². The maximum atomic E-state index is 11.7. The molecular weight excluding hydrogens is 316 g/mol. The van der Waals surface area contributed by atoms with Crippen LogP contribution in [0.1, 0.15) is 23.2 Å². The largest absolute Gasteiger partial charge is 0.465 e. The molecule has 0 amide bonds. The predicted octanol–water partition coefficient (Wildman–Crippen LogP) is 2.97. The average Bonchev–Trinajstić information content (AvgIpc) is 3.19. The normalized spacial score (nSPS) is 14.0. The number of nitrogens with zero attached hydrogens (tertiary/aromatic N) is 1. The van der Waals surface area contributed by atoms with Crippen molar-refractivity contribution >= 4 is 33.3 Å². The number of methoxy groups -OCH3 is 1. The van der Waals surface area contributed by atoms with Crippen LogP contribution in [0.4, 0.5) is 11.4 Å². The monoisotopic (exact) mass is 328 g/mol. The molecule has 0 heterocycles. The minimum absolute atomic E-state index is 0.129. The van der Waals surface area contributed by atoms with Gasteiger partial charge in [-0.25, -0.2) is 4.79 Å². The zero-order valence-corrected chi connectivity index (χ0v) is 11.9. The van der Waals surface area contributed by atoms with Crippen molar-refractivity contribution in [3.05, 3.63) is 32.3 Å². The van der Waals surface area contributed by atoms with Crippen molar-refractivity contribution in [3.8, 4) is 0 Å². The van der Waals surface area contributed by atoms with E-state index < -0.39 is 10.9 Å². The molecule has 1 fully saturated rings. The molecule has 0 spiro atoms. The van der Waals surface area contributed by atoms with Crippen LogP contribution >= 0.6 is 15.9 Å². The second-order valence-electron chi connectivity index (χ2n) is 4.42. The van der Waals surface area contributed by atoms with Gasteiger partial charge in [0, 0.05) is 17.1 Å². The first-order chi connectivity index (χ1) is 9.02. The fraction of sp³-hybridized carbons (Fsp3) is 0.417. The number of hydrogen-bond donors (Lipinski definition) is 1. The van der Waals surface area contributed by atoms with Crippen LogP contribution in [0.3, 0.4) is 0 Å². The molecule has 0 radical (unpaired) electrons. The van der Waals surface area contributed by atoms with Crippen molar-refractivity contribution in [3.63, 3.8) is 0 Å². The number of carbonyl (C=O) groups excluding carboxylic acids is 1. The number of benzene rings is 1. The third kappa shape index (κ3) is 3.23. The van der Waals surface area contributed by atoms with E-state index in [0.29, 0.717) is 16.9 Å². The molecule has 0 aliphatic heterocycles. The number of halogens is 1. The number of rotatable bonds is 5. The molecule has 7 heteroatoms. The number of esters is 1. The Hall–Kier alpha value is -1.63. The Balaban J connectivity index is 2.42. The quantitative estimate of drug-likeness (QED) is 0.510. The van der Waals surface area contributed by atoms with E-state index in [1.54, 1.807) is 0 Å². The van der Waals surface area contributed by atoms with E-state index in [4.69, 9.17) is 0 Å². The van der Waals surface area contributed by atoms with E-state index in [-0.39, 0.29) is 16.9 Å². The summed E-state index contributed by atoms with van der Waals surface area (Å²) in [5.41, 5.74) is 0.270. The van der Waals surface area contributed by atoms with Gasteiger partial charge in [-0.2, -0.15) is 0 Å². The Bertz CT molecular complexity index is 529. The number of carbonyl (C=O) groups is 1. The second kappa shape index (κ2) is 5.56. The molecule has 0 bridgehead atoms. The standard InChI is InChI=1S/C12H13BrN2O4/c1-19-12(16)9-4-8(13)5-10(15(17)18)11(9)14-6-7-2-3-7/h4-5,7,14H,2-3,6H2,1H3. The minimum atomic E-state index is -0.595. The van der Waals surface area contributed by atoms with Gasteiger partial charge in [-0.1, -0.05) is 15.9 Å². The Labute approximate surface area is 118 Å². The van der Waals surface area contributed by atoms with Gasteiger partial charge in [-0.15, -0.1) is 0 Å². The lowest BCUT2D eigenvalue weighted by molar-refractivity contribution is -0.384. The van der Waals surface area contributed by atoms with Gasteiger partial charge in [0.15, 0.2) is 0 Å². The highest BCUT2D eigenvalue weighted by Crippen LogP contribution is 2.35. The molecule has 1 N–H and O–H groups in total. The molecule has 1 aliphatic rings. The fourth-order valence-electron chi connectivity index (χ4n) is 1.76. The first kappa shape index (κ1) is 13.8. The highest BCUT2D eigenvalue weighted by Gasteiger charge is 2.27. The van der Waals surface area contributed by atoms with Gasteiger partial charge in [0.2, 0.25) is 0 Å². The van der Waals surface area contributed by atoms with Gasteiger partial charge in [-0.05, 0) is 24.8 Å². The minimum Gasteiger partial charge on any atom is -0.465 e. The molecule has 2 rings (SSSR count). The van der Waals surface area contributed by atoms with Crippen LogP contribution in [0.5, 0.6) is 0 Å². The van der Waals surface area contributed by atoms with Crippen molar-refractivity contribution in [2.24, 2.45) is 5.92 Å². The predicted molar refractivity (Wildman–Crippen MR) is 73.3 cm³/mol. The van der Waals surface area contributed by atoms with Gasteiger partial charge in [0.25, 0.3) is 5.69 Å².